The van der Waals surface area contributed by atoms with E-state index in [0.717, 1.165) is 35.4 Å². The number of aryl methyl sites for hydroxylation is 1. The second-order valence-corrected chi connectivity index (χ2v) is 10.7. The summed E-state index contributed by atoms with van der Waals surface area (Å²) in [6, 6.07) is 15.7. The number of aromatic nitrogens is 3. The lowest BCUT2D eigenvalue weighted by Gasteiger charge is -2.10. The Bertz CT molecular complexity index is 1520. The summed E-state index contributed by atoms with van der Waals surface area (Å²) in [7, 11) is 1.34. The molecule has 0 radical (unpaired) electrons. The normalized spacial score (nSPS) is 12.2. The summed E-state index contributed by atoms with van der Waals surface area (Å²) in [6.45, 7) is 0. The molecule has 12 heteroatoms. The molecule has 0 bridgehead atoms. The van der Waals surface area contributed by atoms with Crippen molar-refractivity contribution in [1.82, 2.24) is 14.8 Å². The first-order chi connectivity index (χ1) is 18.5. The molecule has 10 nitrogen and oxygen atoms in total. The van der Waals surface area contributed by atoms with Gasteiger partial charge in [0.15, 0.2) is 11.0 Å². The largest absolute Gasteiger partial charge is 0.465 e. The van der Waals surface area contributed by atoms with E-state index in [-0.39, 0.29) is 18.0 Å². The molecule has 0 saturated carbocycles. The number of amides is 1. The van der Waals surface area contributed by atoms with Crippen LogP contribution in [0.5, 0.6) is 0 Å². The average Bonchev–Trinajstić information content (AvgIpc) is 3.64. The second kappa shape index (κ2) is 11.2. The summed E-state index contributed by atoms with van der Waals surface area (Å²) in [5, 5.41) is 23.9. The molecule has 0 fully saturated rings. The number of benzene rings is 2. The Labute approximate surface area is 226 Å². The number of methoxy groups -OCH3 is 1. The first kappa shape index (κ1) is 25.6. The minimum Gasteiger partial charge on any atom is -0.465 e. The highest BCUT2D eigenvalue weighted by atomic mass is 32.2. The van der Waals surface area contributed by atoms with Crippen LogP contribution in [0.3, 0.4) is 0 Å². The van der Waals surface area contributed by atoms with Crippen LogP contribution >= 0.6 is 23.1 Å². The molecule has 5 rings (SSSR count). The topological polar surface area (TPSA) is 129 Å². The fraction of sp³-hybridized carbons (Fsp3) is 0.231. The minimum absolute atomic E-state index is 0.0399. The molecule has 1 aliphatic carbocycles. The molecule has 0 spiro atoms. The fourth-order valence-electron chi connectivity index (χ4n) is 4.35. The van der Waals surface area contributed by atoms with Gasteiger partial charge in [0.1, 0.15) is 5.00 Å². The Morgan fingerprint density at radius 2 is 1.97 bits per heavy atom. The molecule has 1 amide bonds. The quantitative estimate of drug-likeness (QED) is 0.129. The highest BCUT2D eigenvalue weighted by Crippen LogP contribution is 2.39. The number of ether oxygens (including phenoxy) is 1. The van der Waals surface area contributed by atoms with E-state index in [1.54, 1.807) is 12.1 Å². The predicted molar refractivity (Wildman–Crippen MR) is 145 cm³/mol. The molecule has 4 aromatic rings. The molecule has 2 aromatic carbocycles. The fourth-order valence-corrected chi connectivity index (χ4v) is 6.54. The second-order valence-electron chi connectivity index (χ2n) is 8.48. The van der Waals surface area contributed by atoms with E-state index in [1.165, 1.54) is 42.3 Å². The van der Waals surface area contributed by atoms with E-state index in [9.17, 15) is 19.7 Å². The average molecular weight is 550 g/mol. The van der Waals surface area contributed by atoms with Crippen LogP contribution in [0.25, 0.3) is 17.1 Å². The van der Waals surface area contributed by atoms with Gasteiger partial charge in [-0.2, -0.15) is 0 Å². The van der Waals surface area contributed by atoms with Crippen molar-refractivity contribution in [3.8, 4) is 17.1 Å². The van der Waals surface area contributed by atoms with Crippen molar-refractivity contribution in [2.75, 3.05) is 18.2 Å². The first-order valence-corrected chi connectivity index (χ1v) is 13.7. The van der Waals surface area contributed by atoms with E-state index in [4.69, 9.17) is 4.74 Å². The van der Waals surface area contributed by atoms with Gasteiger partial charge in [-0.05, 0) is 37.0 Å². The van der Waals surface area contributed by atoms with Crippen molar-refractivity contribution in [2.24, 2.45) is 0 Å². The van der Waals surface area contributed by atoms with Crippen molar-refractivity contribution < 1.29 is 19.2 Å². The Morgan fingerprint density at radius 1 is 1.16 bits per heavy atom. The van der Waals surface area contributed by atoms with Gasteiger partial charge in [0.25, 0.3) is 5.69 Å². The number of anilines is 1. The molecule has 2 aromatic heterocycles. The number of rotatable bonds is 9. The van der Waals surface area contributed by atoms with E-state index >= 15 is 0 Å². The van der Waals surface area contributed by atoms with Crippen LogP contribution in [0.15, 0.2) is 59.8 Å². The van der Waals surface area contributed by atoms with Crippen LogP contribution in [-0.4, -0.2) is 44.4 Å². The lowest BCUT2D eigenvalue weighted by atomic mass is 10.1. The Morgan fingerprint density at radius 3 is 2.74 bits per heavy atom. The molecular formula is C26H23N5O5S2. The number of esters is 1. The summed E-state index contributed by atoms with van der Waals surface area (Å²) < 4.78 is 6.77. The van der Waals surface area contributed by atoms with Gasteiger partial charge in [0, 0.05) is 40.4 Å². The zero-order valence-corrected chi connectivity index (χ0v) is 22.0. The smallest absolute Gasteiger partial charge is 0.341 e. The zero-order valence-electron chi connectivity index (χ0n) is 20.4. The van der Waals surface area contributed by atoms with Gasteiger partial charge in [-0.3, -0.25) is 19.5 Å². The van der Waals surface area contributed by atoms with Crippen LogP contribution in [0.1, 0.15) is 33.6 Å². The Kier molecular flexibility index (Phi) is 7.52. The molecule has 38 heavy (non-hydrogen) atoms. The van der Waals surface area contributed by atoms with Gasteiger partial charge in [0.2, 0.25) is 5.91 Å². The number of para-hydroxylation sites is 1. The molecule has 0 aliphatic heterocycles. The van der Waals surface area contributed by atoms with Gasteiger partial charge in [-0.25, -0.2) is 4.79 Å². The Hall–Kier alpha value is -4.03. The van der Waals surface area contributed by atoms with Crippen LogP contribution < -0.4 is 5.32 Å². The summed E-state index contributed by atoms with van der Waals surface area (Å²) in [6.07, 6.45) is 2.89. The molecule has 0 saturated heterocycles. The maximum absolute atomic E-state index is 12.8. The number of thioether (sulfide) groups is 1. The lowest BCUT2D eigenvalue weighted by Crippen LogP contribution is -2.15. The number of nitrogens with zero attached hydrogens (tertiary/aromatic N) is 4. The third-order valence-electron chi connectivity index (χ3n) is 6.09. The molecule has 0 unspecified atom stereocenters. The number of nitro groups is 1. The molecule has 1 aliphatic rings. The van der Waals surface area contributed by atoms with Crippen molar-refractivity contribution in [3.63, 3.8) is 0 Å². The van der Waals surface area contributed by atoms with Crippen molar-refractivity contribution in [1.29, 1.82) is 0 Å². The monoisotopic (exact) mass is 549 g/mol. The van der Waals surface area contributed by atoms with Gasteiger partial charge in [-0.15, -0.1) is 21.5 Å². The van der Waals surface area contributed by atoms with Crippen LogP contribution in [0.2, 0.25) is 0 Å². The Balaban J connectivity index is 1.33. The van der Waals surface area contributed by atoms with E-state index < -0.39 is 10.9 Å². The van der Waals surface area contributed by atoms with E-state index in [2.05, 4.69) is 15.5 Å². The predicted octanol–water partition coefficient (Wildman–Crippen LogP) is 5.30. The van der Waals surface area contributed by atoms with Gasteiger partial charge >= 0.3 is 5.97 Å². The number of hydrogen-bond acceptors (Lipinski definition) is 9. The highest BCUT2D eigenvalue weighted by Gasteiger charge is 2.28. The molecule has 0 atom stereocenters. The third kappa shape index (κ3) is 5.18. The lowest BCUT2D eigenvalue weighted by molar-refractivity contribution is -0.384. The van der Waals surface area contributed by atoms with Crippen molar-refractivity contribution in [3.05, 3.63) is 80.7 Å². The number of thiophene rings is 1. The maximum Gasteiger partial charge on any atom is 0.341 e. The summed E-state index contributed by atoms with van der Waals surface area (Å²) in [5.41, 5.74) is 2.76. The summed E-state index contributed by atoms with van der Waals surface area (Å²) in [4.78, 5) is 37.1. The third-order valence-corrected chi connectivity index (χ3v) is 8.22. The van der Waals surface area contributed by atoms with E-state index in [0.29, 0.717) is 32.9 Å². The number of carbonyl (C=O) groups excluding carboxylic acids is 2. The first-order valence-electron chi connectivity index (χ1n) is 11.9. The minimum atomic E-state index is -0.450. The number of carbonyl (C=O) groups is 2. The summed E-state index contributed by atoms with van der Waals surface area (Å²) in [5.74, 6) is 0.221. The number of hydrogen-bond donors (Lipinski definition) is 1. The number of non-ortho nitro benzene ring substituents is 1. The number of fused-ring (bicyclic) bond motifs is 1. The maximum atomic E-state index is 12.8. The summed E-state index contributed by atoms with van der Waals surface area (Å²) >= 11 is 2.79. The van der Waals surface area contributed by atoms with Crippen LogP contribution in [-0.2, 0) is 22.4 Å². The standard InChI is InChI=1S/C26H23N5O5S2/c1-36-25(33)22-19-11-6-12-20(19)38-24(22)27-21(32)13-14-37-26-29-28-23(30(26)17-8-3-2-4-9-17)16-7-5-10-18(15-16)31(34)35/h2-5,7-10,15H,6,11-14H2,1H3,(H,27,32). The van der Waals surface area contributed by atoms with Crippen molar-refractivity contribution >= 4 is 45.7 Å². The van der Waals surface area contributed by atoms with Gasteiger partial charge < -0.3 is 10.1 Å². The van der Waals surface area contributed by atoms with E-state index in [1.807, 2.05) is 34.9 Å². The molecule has 2 heterocycles. The number of nitrogens with one attached hydrogen (secondary N) is 1. The van der Waals surface area contributed by atoms with Crippen molar-refractivity contribution in [2.45, 2.75) is 30.8 Å². The molecule has 1 N–H and O–H groups in total. The number of nitro benzene ring substituents is 1. The molecular weight excluding hydrogens is 526 g/mol. The van der Waals surface area contributed by atoms with Crippen LogP contribution in [0, 0.1) is 10.1 Å². The SMILES string of the molecule is COC(=O)c1c(NC(=O)CCSc2nnc(-c3cccc([N+](=O)[O-])c3)n2-c2ccccc2)sc2c1CCC2. The van der Waals surface area contributed by atoms with Gasteiger partial charge in [0.05, 0.1) is 17.6 Å². The zero-order chi connectivity index (χ0) is 26.6. The van der Waals surface area contributed by atoms with Crippen LogP contribution in [0.4, 0.5) is 10.7 Å². The van der Waals surface area contributed by atoms with Gasteiger partial charge in [-0.1, -0.05) is 42.1 Å². The highest BCUT2D eigenvalue weighted by molar-refractivity contribution is 7.99. The molecule has 194 valence electrons.